The van der Waals surface area contributed by atoms with Crippen LogP contribution in [0.4, 0.5) is 13.2 Å². The van der Waals surface area contributed by atoms with E-state index in [-0.39, 0.29) is 18.9 Å². The van der Waals surface area contributed by atoms with Gasteiger partial charge in [-0.15, -0.1) is 0 Å². The summed E-state index contributed by atoms with van der Waals surface area (Å²) in [7, 11) is 3.39. The second-order valence-corrected chi connectivity index (χ2v) is 7.48. The van der Waals surface area contributed by atoms with Gasteiger partial charge in [0.25, 0.3) is 0 Å². The topological polar surface area (TPSA) is 48.9 Å². The Kier molecular flexibility index (Phi) is 8.47. The van der Waals surface area contributed by atoms with Crippen molar-refractivity contribution in [3.63, 3.8) is 0 Å². The fourth-order valence-corrected chi connectivity index (χ4v) is 3.88. The van der Waals surface area contributed by atoms with Gasteiger partial charge in [-0.1, -0.05) is 6.42 Å². The Bertz CT molecular complexity index is 437. The standard InChI is InChI=1S/C18H33F3N4O/c1-22-17(24-16-5-3-4-15(12-16)18(19,20)21)23-13-14-6-8-25(9-7-14)10-11-26-2/h14-16H,3-13H2,1-2H3,(H2,22,23,24). The molecule has 26 heavy (non-hydrogen) atoms. The molecule has 2 aliphatic rings. The molecule has 0 radical (unpaired) electrons. The molecule has 0 aromatic heterocycles. The van der Waals surface area contributed by atoms with Crippen molar-refractivity contribution in [1.82, 2.24) is 15.5 Å². The van der Waals surface area contributed by atoms with Crippen LogP contribution in [0.25, 0.3) is 0 Å². The van der Waals surface area contributed by atoms with E-state index in [9.17, 15) is 13.2 Å². The van der Waals surface area contributed by atoms with Gasteiger partial charge in [0.1, 0.15) is 0 Å². The first-order valence-electron chi connectivity index (χ1n) is 9.67. The van der Waals surface area contributed by atoms with Crippen LogP contribution in [-0.2, 0) is 4.74 Å². The number of piperidine rings is 1. The highest BCUT2D eigenvalue weighted by Crippen LogP contribution is 2.37. The van der Waals surface area contributed by atoms with E-state index < -0.39 is 12.1 Å². The predicted octanol–water partition coefficient (Wildman–Crippen LogP) is 2.63. The zero-order valence-corrected chi connectivity index (χ0v) is 15.9. The Morgan fingerprint density at radius 1 is 1.19 bits per heavy atom. The number of nitrogens with one attached hydrogen (secondary N) is 2. The molecule has 5 nitrogen and oxygen atoms in total. The molecule has 0 bridgehead atoms. The Balaban J connectivity index is 1.70. The maximum Gasteiger partial charge on any atom is 0.391 e. The van der Waals surface area contributed by atoms with Crippen LogP contribution in [0.15, 0.2) is 4.99 Å². The maximum absolute atomic E-state index is 12.9. The molecule has 2 rings (SSSR count). The summed E-state index contributed by atoms with van der Waals surface area (Å²) < 4.78 is 44.0. The average Bonchev–Trinajstić information content (AvgIpc) is 2.64. The monoisotopic (exact) mass is 378 g/mol. The summed E-state index contributed by atoms with van der Waals surface area (Å²) in [5.41, 5.74) is 0. The van der Waals surface area contributed by atoms with Gasteiger partial charge in [0, 0.05) is 33.3 Å². The molecular weight excluding hydrogens is 345 g/mol. The van der Waals surface area contributed by atoms with Gasteiger partial charge < -0.3 is 20.3 Å². The molecule has 1 aliphatic heterocycles. The molecule has 0 aromatic carbocycles. The molecule has 1 saturated carbocycles. The number of methoxy groups -OCH3 is 1. The summed E-state index contributed by atoms with van der Waals surface area (Å²) in [5, 5.41) is 6.51. The molecular formula is C18H33F3N4O. The molecule has 1 heterocycles. The van der Waals surface area contributed by atoms with Crippen LogP contribution >= 0.6 is 0 Å². The van der Waals surface area contributed by atoms with E-state index in [1.165, 1.54) is 0 Å². The Morgan fingerprint density at radius 2 is 1.92 bits per heavy atom. The number of aliphatic imine (C=N–C) groups is 1. The summed E-state index contributed by atoms with van der Waals surface area (Å²) in [5.74, 6) is 0.00421. The van der Waals surface area contributed by atoms with Crippen LogP contribution in [0.1, 0.15) is 38.5 Å². The molecule has 2 fully saturated rings. The van der Waals surface area contributed by atoms with E-state index in [4.69, 9.17) is 4.74 Å². The van der Waals surface area contributed by atoms with Crippen molar-refractivity contribution < 1.29 is 17.9 Å². The van der Waals surface area contributed by atoms with Gasteiger partial charge in [-0.05, 0) is 51.1 Å². The summed E-state index contributed by atoms with van der Waals surface area (Å²) in [6.07, 6.45) is -0.0873. The molecule has 1 saturated heterocycles. The van der Waals surface area contributed by atoms with Gasteiger partial charge in [-0.2, -0.15) is 13.2 Å². The fraction of sp³-hybridized carbons (Fsp3) is 0.944. The summed E-state index contributed by atoms with van der Waals surface area (Å²) in [6, 6.07) is -0.155. The normalized spacial score (nSPS) is 26.7. The van der Waals surface area contributed by atoms with Crippen molar-refractivity contribution in [2.45, 2.75) is 50.7 Å². The van der Waals surface area contributed by atoms with Crippen LogP contribution in [-0.4, -0.2) is 70.0 Å². The van der Waals surface area contributed by atoms with Gasteiger partial charge >= 0.3 is 6.18 Å². The first kappa shape index (κ1) is 21.3. The number of hydrogen-bond acceptors (Lipinski definition) is 3. The number of hydrogen-bond donors (Lipinski definition) is 2. The van der Waals surface area contributed by atoms with Crippen molar-refractivity contribution in [3.8, 4) is 0 Å². The lowest BCUT2D eigenvalue weighted by atomic mass is 9.85. The molecule has 0 amide bonds. The van der Waals surface area contributed by atoms with Crippen LogP contribution in [0.3, 0.4) is 0 Å². The summed E-state index contributed by atoms with van der Waals surface area (Å²) in [6.45, 7) is 4.68. The number of rotatable bonds is 6. The molecule has 0 spiro atoms. The maximum atomic E-state index is 12.9. The lowest BCUT2D eigenvalue weighted by Gasteiger charge is -2.33. The van der Waals surface area contributed by atoms with Crippen LogP contribution in [0.2, 0.25) is 0 Å². The molecule has 2 N–H and O–H groups in total. The van der Waals surface area contributed by atoms with E-state index in [2.05, 4.69) is 20.5 Å². The fourth-order valence-electron chi connectivity index (χ4n) is 3.88. The molecule has 0 aromatic rings. The number of halogens is 3. The quantitative estimate of drug-likeness (QED) is 0.551. The summed E-state index contributed by atoms with van der Waals surface area (Å²) >= 11 is 0. The highest BCUT2D eigenvalue weighted by atomic mass is 19.4. The highest BCUT2D eigenvalue weighted by molar-refractivity contribution is 5.79. The minimum atomic E-state index is -4.09. The van der Waals surface area contributed by atoms with Crippen molar-refractivity contribution >= 4 is 5.96 Å². The first-order valence-corrected chi connectivity index (χ1v) is 9.67. The number of guanidine groups is 1. The number of nitrogens with zero attached hydrogens (tertiary/aromatic N) is 2. The van der Waals surface area contributed by atoms with Gasteiger partial charge in [-0.25, -0.2) is 0 Å². The van der Waals surface area contributed by atoms with E-state index in [0.29, 0.717) is 18.3 Å². The Labute approximate surface area is 154 Å². The van der Waals surface area contributed by atoms with Crippen molar-refractivity contribution in [2.24, 2.45) is 16.8 Å². The Hall–Kier alpha value is -1.02. The van der Waals surface area contributed by atoms with Crippen LogP contribution < -0.4 is 10.6 Å². The molecule has 2 atom stereocenters. The van der Waals surface area contributed by atoms with Crippen LogP contribution in [0.5, 0.6) is 0 Å². The van der Waals surface area contributed by atoms with Crippen molar-refractivity contribution in [1.29, 1.82) is 0 Å². The highest BCUT2D eigenvalue weighted by Gasteiger charge is 2.42. The average molecular weight is 378 g/mol. The first-order chi connectivity index (χ1) is 12.4. The van der Waals surface area contributed by atoms with Gasteiger partial charge in [0.15, 0.2) is 5.96 Å². The van der Waals surface area contributed by atoms with E-state index in [0.717, 1.165) is 52.0 Å². The SMILES string of the molecule is CN=C(NCC1CCN(CCOC)CC1)NC1CCCC(C(F)(F)F)C1. The largest absolute Gasteiger partial charge is 0.391 e. The molecule has 2 unspecified atom stereocenters. The van der Waals surface area contributed by atoms with Gasteiger partial charge in [-0.3, -0.25) is 4.99 Å². The van der Waals surface area contributed by atoms with E-state index in [1.54, 1.807) is 14.2 Å². The zero-order valence-electron chi connectivity index (χ0n) is 15.9. The van der Waals surface area contributed by atoms with Crippen molar-refractivity contribution in [2.75, 3.05) is 46.9 Å². The Morgan fingerprint density at radius 3 is 2.54 bits per heavy atom. The minimum Gasteiger partial charge on any atom is -0.383 e. The number of likely N-dealkylation sites (tertiary alicyclic amines) is 1. The van der Waals surface area contributed by atoms with Crippen molar-refractivity contribution in [3.05, 3.63) is 0 Å². The molecule has 152 valence electrons. The van der Waals surface area contributed by atoms with E-state index >= 15 is 0 Å². The third-order valence-electron chi connectivity index (χ3n) is 5.58. The molecule has 8 heteroatoms. The third kappa shape index (κ3) is 6.95. The third-order valence-corrected chi connectivity index (χ3v) is 5.58. The van der Waals surface area contributed by atoms with Gasteiger partial charge in [0.05, 0.1) is 12.5 Å². The number of alkyl halides is 3. The second-order valence-electron chi connectivity index (χ2n) is 7.48. The lowest BCUT2D eigenvalue weighted by Crippen LogP contribution is -2.48. The smallest absolute Gasteiger partial charge is 0.383 e. The summed E-state index contributed by atoms with van der Waals surface area (Å²) in [4.78, 5) is 6.60. The van der Waals surface area contributed by atoms with Gasteiger partial charge in [0.2, 0.25) is 0 Å². The predicted molar refractivity (Wildman–Crippen MR) is 97.3 cm³/mol. The van der Waals surface area contributed by atoms with E-state index in [1.807, 2.05) is 0 Å². The zero-order chi connectivity index (χ0) is 19.0. The lowest BCUT2D eigenvalue weighted by molar-refractivity contribution is -0.183. The molecule has 1 aliphatic carbocycles. The minimum absolute atomic E-state index is 0.141. The number of ether oxygens (including phenoxy) is 1. The second kappa shape index (κ2) is 10.3. The van der Waals surface area contributed by atoms with Crippen LogP contribution in [0, 0.1) is 11.8 Å².